The van der Waals surface area contributed by atoms with E-state index in [9.17, 15) is 13.2 Å². The average molecular weight is 363 g/mol. The highest BCUT2D eigenvalue weighted by molar-refractivity contribution is 7.89. The van der Waals surface area contributed by atoms with Gasteiger partial charge in [-0.05, 0) is 42.3 Å². The molecule has 1 heterocycles. The minimum atomic E-state index is -3.80. The quantitative estimate of drug-likeness (QED) is 0.817. The number of methoxy groups -OCH3 is 1. The van der Waals surface area contributed by atoms with E-state index in [2.05, 4.69) is 9.46 Å². The van der Waals surface area contributed by atoms with Crippen molar-refractivity contribution in [3.63, 3.8) is 0 Å². The first-order valence-corrected chi connectivity index (χ1v) is 8.96. The monoisotopic (exact) mass is 363 g/mol. The zero-order valence-electron chi connectivity index (χ0n) is 13.7. The number of ether oxygens (including phenoxy) is 3. The molecular weight excluding hydrogens is 346 g/mol. The molecule has 0 atom stereocenters. The van der Waals surface area contributed by atoms with Crippen molar-refractivity contribution in [1.82, 2.24) is 4.72 Å². The number of sulfonamides is 1. The van der Waals surface area contributed by atoms with Crippen molar-refractivity contribution in [2.75, 3.05) is 13.9 Å². The second kappa shape index (κ2) is 6.73. The highest BCUT2D eigenvalue weighted by Crippen LogP contribution is 2.32. The first-order chi connectivity index (χ1) is 11.9. The van der Waals surface area contributed by atoms with E-state index in [1.54, 1.807) is 31.2 Å². The van der Waals surface area contributed by atoms with Crippen molar-refractivity contribution in [2.45, 2.75) is 18.4 Å². The van der Waals surface area contributed by atoms with Gasteiger partial charge in [0.2, 0.25) is 16.8 Å². The number of carbonyl (C=O) groups excluding carboxylic acids is 1. The Bertz CT molecular complexity index is 923. The van der Waals surface area contributed by atoms with E-state index in [0.29, 0.717) is 17.1 Å². The summed E-state index contributed by atoms with van der Waals surface area (Å²) in [4.78, 5) is 11.7. The number of hydrogen-bond acceptors (Lipinski definition) is 6. The van der Waals surface area contributed by atoms with Crippen molar-refractivity contribution in [3.05, 3.63) is 53.1 Å². The normalized spacial score (nSPS) is 12.9. The van der Waals surface area contributed by atoms with Crippen LogP contribution in [0.15, 0.2) is 41.3 Å². The van der Waals surface area contributed by atoms with Gasteiger partial charge in [-0.25, -0.2) is 17.9 Å². The lowest BCUT2D eigenvalue weighted by atomic mass is 10.1. The first kappa shape index (κ1) is 17.2. The SMILES string of the molecule is COC(=O)c1ccc(C)c(S(=O)(=O)NCc2ccc3c(c2)OCO3)c1. The maximum Gasteiger partial charge on any atom is 0.337 e. The molecule has 0 saturated heterocycles. The third-order valence-electron chi connectivity index (χ3n) is 3.80. The molecular formula is C17H17NO6S. The van der Waals surface area contributed by atoms with E-state index in [1.165, 1.54) is 19.2 Å². The van der Waals surface area contributed by atoms with Crippen molar-refractivity contribution >= 4 is 16.0 Å². The standard InChI is InChI=1S/C17H17NO6S/c1-11-3-5-13(17(19)22-2)8-16(11)25(20,21)18-9-12-4-6-14-15(7-12)24-10-23-14/h3-8,18H,9-10H2,1-2H3. The minimum Gasteiger partial charge on any atom is -0.465 e. The van der Waals surface area contributed by atoms with Gasteiger partial charge in [0.25, 0.3) is 0 Å². The van der Waals surface area contributed by atoms with Gasteiger partial charge in [0.15, 0.2) is 11.5 Å². The molecule has 0 fully saturated rings. The van der Waals surface area contributed by atoms with Crippen LogP contribution in [-0.2, 0) is 21.3 Å². The Morgan fingerprint density at radius 3 is 2.68 bits per heavy atom. The van der Waals surface area contributed by atoms with Crippen LogP contribution in [0.2, 0.25) is 0 Å². The highest BCUT2D eigenvalue weighted by atomic mass is 32.2. The van der Waals surface area contributed by atoms with Gasteiger partial charge in [0.1, 0.15) is 0 Å². The minimum absolute atomic E-state index is 0.0381. The topological polar surface area (TPSA) is 90.9 Å². The Morgan fingerprint density at radius 1 is 1.16 bits per heavy atom. The summed E-state index contributed by atoms with van der Waals surface area (Å²) in [6, 6.07) is 9.62. The van der Waals surface area contributed by atoms with Gasteiger partial charge in [-0.3, -0.25) is 0 Å². The Balaban J connectivity index is 1.81. The van der Waals surface area contributed by atoms with Gasteiger partial charge in [-0.15, -0.1) is 0 Å². The van der Waals surface area contributed by atoms with Crippen LogP contribution in [0, 0.1) is 6.92 Å². The smallest absolute Gasteiger partial charge is 0.337 e. The summed E-state index contributed by atoms with van der Waals surface area (Å²) in [5.74, 6) is 0.626. The summed E-state index contributed by atoms with van der Waals surface area (Å²) in [6.45, 7) is 1.90. The molecule has 0 spiro atoms. The predicted molar refractivity (Wildman–Crippen MR) is 89.1 cm³/mol. The molecule has 0 unspecified atom stereocenters. The molecule has 1 aliphatic rings. The molecule has 7 nitrogen and oxygen atoms in total. The van der Waals surface area contributed by atoms with E-state index < -0.39 is 16.0 Å². The molecule has 0 aromatic heterocycles. The van der Waals surface area contributed by atoms with Gasteiger partial charge in [0.05, 0.1) is 17.6 Å². The fraction of sp³-hybridized carbons (Fsp3) is 0.235. The van der Waals surface area contributed by atoms with Gasteiger partial charge in [-0.2, -0.15) is 0 Å². The van der Waals surface area contributed by atoms with Gasteiger partial charge >= 0.3 is 5.97 Å². The molecule has 3 rings (SSSR count). The molecule has 0 aliphatic carbocycles. The second-order valence-corrected chi connectivity index (χ2v) is 7.22. The van der Waals surface area contributed by atoms with Gasteiger partial charge in [0, 0.05) is 6.54 Å². The fourth-order valence-electron chi connectivity index (χ4n) is 2.44. The number of aryl methyl sites for hydroxylation is 1. The number of nitrogens with one attached hydrogen (secondary N) is 1. The summed E-state index contributed by atoms with van der Waals surface area (Å²) in [6.07, 6.45) is 0. The van der Waals surface area contributed by atoms with Crippen LogP contribution < -0.4 is 14.2 Å². The van der Waals surface area contributed by atoms with E-state index in [4.69, 9.17) is 9.47 Å². The number of rotatable bonds is 5. The number of benzene rings is 2. The summed E-state index contributed by atoms with van der Waals surface area (Å²) in [5.41, 5.74) is 1.44. The predicted octanol–water partition coefficient (Wildman–Crippen LogP) is 1.99. The molecule has 8 heteroatoms. The molecule has 0 saturated carbocycles. The molecule has 132 valence electrons. The maximum absolute atomic E-state index is 12.6. The van der Waals surface area contributed by atoms with E-state index in [0.717, 1.165) is 5.56 Å². The van der Waals surface area contributed by atoms with Crippen LogP contribution in [0.3, 0.4) is 0 Å². The third-order valence-corrected chi connectivity index (χ3v) is 5.35. The number of carbonyl (C=O) groups is 1. The molecule has 2 aromatic carbocycles. The molecule has 1 aliphatic heterocycles. The lowest BCUT2D eigenvalue weighted by Gasteiger charge is -2.11. The lowest BCUT2D eigenvalue weighted by Crippen LogP contribution is -2.24. The summed E-state index contributed by atoms with van der Waals surface area (Å²) >= 11 is 0. The average Bonchev–Trinajstić information content (AvgIpc) is 3.07. The fourth-order valence-corrected chi connectivity index (χ4v) is 3.73. The molecule has 1 N–H and O–H groups in total. The summed E-state index contributed by atoms with van der Waals surface area (Å²) in [7, 11) is -2.55. The second-order valence-electron chi connectivity index (χ2n) is 5.48. The van der Waals surface area contributed by atoms with Gasteiger partial charge in [-0.1, -0.05) is 12.1 Å². The van der Waals surface area contributed by atoms with E-state index in [-0.39, 0.29) is 23.8 Å². The Kier molecular flexibility index (Phi) is 4.65. The first-order valence-electron chi connectivity index (χ1n) is 7.48. The van der Waals surface area contributed by atoms with Gasteiger partial charge < -0.3 is 14.2 Å². The molecule has 2 aromatic rings. The van der Waals surface area contributed by atoms with E-state index in [1.807, 2.05) is 0 Å². The largest absolute Gasteiger partial charge is 0.465 e. The van der Waals surface area contributed by atoms with Crippen LogP contribution in [-0.4, -0.2) is 28.3 Å². The molecule has 0 bridgehead atoms. The number of fused-ring (bicyclic) bond motifs is 1. The molecule has 0 radical (unpaired) electrons. The third kappa shape index (κ3) is 3.59. The van der Waals surface area contributed by atoms with Crippen LogP contribution in [0.4, 0.5) is 0 Å². The Labute approximate surface area is 145 Å². The van der Waals surface area contributed by atoms with Crippen molar-refractivity contribution in [3.8, 4) is 11.5 Å². The molecule has 25 heavy (non-hydrogen) atoms. The highest BCUT2D eigenvalue weighted by Gasteiger charge is 2.20. The van der Waals surface area contributed by atoms with Crippen LogP contribution in [0.1, 0.15) is 21.5 Å². The van der Waals surface area contributed by atoms with Crippen molar-refractivity contribution in [1.29, 1.82) is 0 Å². The number of hydrogen-bond donors (Lipinski definition) is 1. The zero-order valence-corrected chi connectivity index (χ0v) is 14.6. The Morgan fingerprint density at radius 2 is 1.92 bits per heavy atom. The van der Waals surface area contributed by atoms with E-state index >= 15 is 0 Å². The van der Waals surface area contributed by atoms with Crippen LogP contribution in [0.5, 0.6) is 11.5 Å². The van der Waals surface area contributed by atoms with Crippen LogP contribution in [0.25, 0.3) is 0 Å². The zero-order chi connectivity index (χ0) is 18.0. The molecule has 0 amide bonds. The number of esters is 1. The lowest BCUT2D eigenvalue weighted by molar-refractivity contribution is 0.0600. The summed E-state index contributed by atoms with van der Waals surface area (Å²) in [5, 5.41) is 0. The Hall–Kier alpha value is -2.58. The van der Waals surface area contributed by atoms with Crippen LogP contribution >= 0.6 is 0 Å². The maximum atomic E-state index is 12.6. The summed E-state index contributed by atoms with van der Waals surface area (Å²) < 4.78 is 42.9. The van der Waals surface area contributed by atoms with Crippen molar-refractivity contribution in [2.24, 2.45) is 0 Å². The van der Waals surface area contributed by atoms with Crippen molar-refractivity contribution < 1.29 is 27.4 Å².